The van der Waals surface area contributed by atoms with Crippen molar-refractivity contribution >= 4 is 52.8 Å². The molecule has 0 bridgehead atoms. The lowest BCUT2D eigenvalue weighted by Gasteiger charge is -2.43. The quantitative estimate of drug-likeness (QED) is 0.156. The van der Waals surface area contributed by atoms with E-state index in [1.807, 2.05) is 0 Å². The monoisotopic (exact) mass is 742 g/mol. The number of esters is 7. The summed E-state index contributed by atoms with van der Waals surface area (Å²) >= 11 is 0. The van der Waals surface area contributed by atoms with E-state index in [4.69, 9.17) is 47.0 Å². The van der Waals surface area contributed by atoms with Gasteiger partial charge in [-0.3, -0.25) is 38.4 Å². The molecule has 1 fully saturated rings. The van der Waals surface area contributed by atoms with Crippen LogP contribution in [0.15, 0.2) is 45.8 Å². The van der Waals surface area contributed by atoms with Gasteiger partial charge in [0, 0.05) is 60.6 Å². The van der Waals surface area contributed by atoms with Crippen LogP contribution >= 0.6 is 0 Å². The highest BCUT2D eigenvalue weighted by Crippen LogP contribution is 2.37. The number of hydrogen-bond acceptors (Lipinski definition) is 18. The number of fused-ring (bicyclic) bond motifs is 1. The van der Waals surface area contributed by atoms with Gasteiger partial charge < -0.3 is 47.0 Å². The summed E-state index contributed by atoms with van der Waals surface area (Å²) in [5.74, 6) is -6.35. The molecule has 0 spiro atoms. The number of ether oxygens (including phenoxy) is 9. The molecule has 1 aliphatic heterocycles. The van der Waals surface area contributed by atoms with E-state index in [-0.39, 0.29) is 45.1 Å². The fourth-order valence-electron chi connectivity index (χ4n) is 5.26. The summed E-state index contributed by atoms with van der Waals surface area (Å²) < 4.78 is 54.7. The second-order valence-electron chi connectivity index (χ2n) is 11.4. The Balaban J connectivity index is 1.83. The molecular formula is C35H34O18. The molecule has 1 aliphatic rings. The highest BCUT2D eigenvalue weighted by atomic mass is 16.7. The molecule has 18 nitrogen and oxygen atoms in total. The van der Waals surface area contributed by atoms with E-state index in [0.717, 1.165) is 60.8 Å². The fraction of sp³-hybridized carbons (Fsp3) is 0.371. The van der Waals surface area contributed by atoms with E-state index in [2.05, 4.69) is 0 Å². The summed E-state index contributed by atoms with van der Waals surface area (Å²) in [5.41, 5.74) is -0.799. The van der Waals surface area contributed by atoms with Crippen LogP contribution in [-0.2, 0) is 57.2 Å². The van der Waals surface area contributed by atoms with Crippen LogP contribution in [0.3, 0.4) is 0 Å². The van der Waals surface area contributed by atoms with Crippen LogP contribution in [0, 0.1) is 0 Å². The SMILES string of the molecule is CC(=O)OC[C@@H]1O[C@@H](Oc2cc(OC(C)=O)c3c(=O)c(-c4ccc(OC(C)=O)c(OC(C)=O)c4)coc3c2)[C@@H](OC(C)=O)[C@H](OC(C)=O)[C@H]1OC(C)=O. The maximum Gasteiger partial charge on any atom is 0.308 e. The van der Waals surface area contributed by atoms with Gasteiger partial charge in [-0.2, -0.15) is 0 Å². The van der Waals surface area contributed by atoms with Crippen molar-refractivity contribution in [2.24, 2.45) is 0 Å². The maximum atomic E-state index is 13.9. The maximum absolute atomic E-state index is 13.9. The third-order valence-corrected chi connectivity index (χ3v) is 7.03. The molecule has 4 rings (SSSR count). The van der Waals surface area contributed by atoms with Gasteiger partial charge in [0.2, 0.25) is 17.8 Å². The molecule has 2 aromatic carbocycles. The van der Waals surface area contributed by atoms with Crippen LogP contribution in [0.2, 0.25) is 0 Å². The number of rotatable bonds is 11. The van der Waals surface area contributed by atoms with Crippen LogP contribution in [0.1, 0.15) is 48.5 Å². The lowest BCUT2D eigenvalue weighted by atomic mass is 9.98. The number of benzene rings is 2. The lowest BCUT2D eigenvalue weighted by molar-refractivity contribution is -0.288. The standard InChI is InChI=1S/C35H34O18/c1-15(36)44-14-29-32(49-19(5)40)33(50-20(6)41)34(51-21(7)42)35(53-29)52-23-11-27-30(28(12-23)48-18(4)39)31(43)24(13-45-27)22-8-9-25(46-16(2)37)26(10-22)47-17(3)38/h8-13,29,32-35H,14H2,1-7H3/t29-,32-,33+,34-,35+/m0/s1. The van der Waals surface area contributed by atoms with Gasteiger partial charge in [0.05, 0.1) is 5.56 Å². The van der Waals surface area contributed by atoms with Gasteiger partial charge in [0.1, 0.15) is 41.4 Å². The van der Waals surface area contributed by atoms with Gasteiger partial charge in [-0.25, -0.2) is 0 Å². The van der Waals surface area contributed by atoms with Crippen LogP contribution in [0.4, 0.5) is 0 Å². The highest BCUT2D eigenvalue weighted by molar-refractivity contribution is 5.90. The molecule has 2 heterocycles. The van der Waals surface area contributed by atoms with Crippen molar-refractivity contribution < 1.29 is 80.6 Å². The van der Waals surface area contributed by atoms with Gasteiger partial charge in [-0.05, 0) is 17.7 Å². The Kier molecular flexibility index (Phi) is 12.5. The second-order valence-corrected chi connectivity index (χ2v) is 11.4. The average Bonchev–Trinajstić information content (AvgIpc) is 3.02. The molecule has 282 valence electrons. The zero-order chi connectivity index (χ0) is 39.1. The third kappa shape index (κ3) is 10.2. The van der Waals surface area contributed by atoms with E-state index in [1.165, 1.54) is 24.3 Å². The Morgan fingerprint density at radius 1 is 0.623 bits per heavy atom. The first-order valence-electron chi connectivity index (χ1n) is 15.7. The van der Waals surface area contributed by atoms with E-state index in [0.29, 0.717) is 0 Å². The minimum atomic E-state index is -1.67. The van der Waals surface area contributed by atoms with E-state index < -0.39 is 84.5 Å². The van der Waals surface area contributed by atoms with Gasteiger partial charge in [-0.1, -0.05) is 6.07 Å². The van der Waals surface area contributed by atoms with Crippen LogP contribution in [0.25, 0.3) is 22.1 Å². The molecule has 0 saturated carbocycles. The first-order chi connectivity index (χ1) is 24.9. The highest BCUT2D eigenvalue weighted by Gasteiger charge is 2.53. The minimum Gasteiger partial charge on any atom is -0.463 e. The topological polar surface area (TPSA) is 233 Å². The van der Waals surface area contributed by atoms with Crippen molar-refractivity contribution in [1.29, 1.82) is 0 Å². The number of carbonyl (C=O) groups excluding carboxylic acids is 7. The second kappa shape index (κ2) is 16.8. The summed E-state index contributed by atoms with van der Waals surface area (Å²) in [6.07, 6.45) is -6.52. The van der Waals surface area contributed by atoms with E-state index in [9.17, 15) is 38.4 Å². The van der Waals surface area contributed by atoms with E-state index in [1.54, 1.807) is 0 Å². The zero-order valence-electron chi connectivity index (χ0n) is 29.4. The first-order valence-corrected chi connectivity index (χ1v) is 15.7. The molecule has 0 aliphatic carbocycles. The predicted molar refractivity (Wildman–Crippen MR) is 174 cm³/mol. The molecule has 0 amide bonds. The smallest absolute Gasteiger partial charge is 0.308 e. The van der Waals surface area contributed by atoms with Crippen LogP contribution < -0.4 is 24.4 Å². The summed E-state index contributed by atoms with van der Waals surface area (Å²) in [6.45, 7) is 7.11. The first kappa shape index (κ1) is 39.5. The van der Waals surface area contributed by atoms with E-state index >= 15 is 0 Å². The Morgan fingerprint density at radius 2 is 1.19 bits per heavy atom. The fourth-order valence-corrected chi connectivity index (χ4v) is 5.26. The molecule has 5 atom stereocenters. The van der Waals surface area contributed by atoms with Crippen molar-refractivity contribution in [3.63, 3.8) is 0 Å². The molecule has 1 aromatic heterocycles. The molecular weight excluding hydrogens is 708 g/mol. The molecule has 0 unspecified atom stereocenters. The van der Waals surface area contributed by atoms with Gasteiger partial charge in [0.15, 0.2) is 23.7 Å². The van der Waals surface area contributed by atoms with Crippen molar-refractivity contribution in [2.75, 3.05) is 6.61 Å². The summed E-state index contributed by atoms with van der Waals surface area (Å²) in [6, 6.07) is 6.32. The van der Waals surface area contributed by atoms with Gasteiger partial charge in [-0.15, -0.1) is 0 Å². The summed E-state index contributed by atoms with van der Waals surface area (Å²) in [7, 11) is 0. The van der Waals surface area contributed by atoms with Crippen molar-refractivity contribution in [2.45, 2.75) is 79.2 Å². The summed E-state index contributed by atoms with van der Waals surface area (Å²) in [4.78, 5) is 97.6. The number of hydrogen-bond donors (Lipinski definition) is 0. The van der Waals surface area contributed by atoms with Crippen LogP contribution in [0.5, 0.6) is 23.0 Å². The van der Waals surface area contributed by atoms with Crippen molar-refractivity contribution in [3.05, 3.63) is 46.8 Å². The Morgan fingerprint density at radius 3 is 1.77 bits per heavy atom. The lowest BCUT2D eigenvalue weighted by Crippen LogP contribution is -2.63. The zero-order valence-corrected chi connectivity index (χ0v) is 29.4. The summed E-state index contributed by atoms with van der Waals surface area (Å²) in [5, 5.41) is -0.232. The predicted octanol–water partition coefficient (Wildman–Crippen LogP) is 2.70. The number of carbonyl (C=O) groups is 7. The Labute approximate surface area is 300 Å². The molecule has 0 radical (unpaired) electrons. The van der Waals surface area contributed by atoms with Crippen molar-refractivity contribution in [3.8, 4) is 34.1 Å². The molecule has 0 N–H and O–H groups in total. The largest absolute Gasteiger partial charge is 0.463 e. The van der Waals surface area contributed by atoms with Crippen molar-refractivity contribution in [1.82, 2.24) is 0 Å². The van der Waals surface area contributed by atoms with Gasteiger partial charge >= 0.3 is 41.8 Å². The van der Waals surface area contributed by atoms with Crippen LogP contribution in [-0.4, -0.2) is 79.1 Å². The molecule has 53 heavy (non-hydrogen) atoms. The minimum absolute atomic E-state index is 0.0815. The Bertz CT molecular complexity index is 2010. The van der Waals surface area contributed by atoms with Gasteiger partial charge in [0.25, 0.3) is 0 Å². The molecule has 1 saturated heterocycles. The normalized spacial score (nSPS) is 19.3. The molecule has 3 aromatic rings. The Hall–Kier alpha value is -6.30. The molecule has 18 heteroatoms. The average molecular weight is 743 g/mol. The third-order valence-electron chi connectivity index (χ3n) is 7.03.